The van der Waals surface area contributed by atoms with Gasteiger partial charge in [-0.1, -0.05) is 11.8 Å². The molecule has 1 aromatic heterocycles. The summed E-state index contributed by atoms with van der Waals surface area (Å²) >= 11 is 3.91. The molecule has 0 aliphatic rings. The fourth-order valence-corrected chi connectivity index (χ4v) is 0.680. The topological polar surface area (TPSA) is 52.5 Å². The number of nitriles is 1. The van der Waals surface area contributed by atoms with E-state index in [1.54, 1.807) is 0 Å². The van der Waals surface area contributed by atoms with Crippen molar-refractivity contribution in [3.63, 3.8) is 0 Å². The van der Waals surface area contributed by atoms with Crippen molar-refractivity contribution in [3.05, 3.63) is 17.5 Å². The Hall–Kier alpha value is -1.39. The van der Waals surface area contributed by atoms with Crippen molar-refractivity contribution in [2.24, 2.45) is 0 Å². The second-order valence-corrected chi connectivity index (χ2v) is 2.05. The molecule has 3 nitrogen and oxygen atoms in total. The average molecular weight is 163 g/mol. The number of nitrogens with one attached hydrogen (secondary N) is 1. The van der Waals surface area contributed by atoms with Gasteiger partial charge < -0.3 is 0 Å². The van der Waals surface area contributed by atoms with Crippen LogP contribution in [0.3, 0.4) is 0 Å². The van der Waals surface area contributed by atoms with Crippen molar-refractivity contribution in [3.8, 4) is 17.9 Å². The molecule has 0 aliphatic heterocycles. The van der Waals surface area contributed by atoms with E-state index in [1.165, 1.54) is 6.20 Å². The van der Waals surface area contributed by atoms with E-state index >= 15 is 0 Å². The Morgan fingerprint density at radius 1 is 1.73 bits per heavy atom. The zero-order valence-electron chi connectivity index (χ0n) is 5.63. The maximum Gasteiger partial charge on any atom is 0.151 e. The molecule has 0 fully saturated rings. The lowest BCUT2D eigenvalue weighted by Gasteiger charge is -1.78. The number of thiol groups is 1. The summed E-state index contributed by atoms with van der Waals surface area (Å²) in [6.07, 6.45) is 1.52. The molecule has 4 heteroatoms. The van der Waals surface area contributed by atoms with Gasteiger partial charge in [-0.05, 0) is 0 Å². The van der Waals surface area contributed by atoms with Crippen LogP contribution in [-0.4, -0.2) is 16.0 Å². The molecule has 0 aromatic carbocycles. The minimum absolute atomic E-state index is 0.402. The highest BCUT2D eigenvalue weighted by Crippen LogP contribution is 1.99. The van der Waals surface area contributed by atoms with Gasteiger partial charge in [-0.25, -0.2) is 0 Å². The highest BCUT2D eigenvalue weighted by atomic mass is 32.1. The third-order valence-electron chi connectivity index (χ3n) is 1.05. The molecule has 54 valence electrons. The van der Waals surface area contributed by atoms with Crippen molar-refractivity contribution in [2.45, 2.75) is 0 Å². The van der Waals surface area contributed by atoms with Gasteiger partial charge in [0.05, 0.1) is 17.5 Å². The van der Waals surface area contributed by atoms with Gasteiger partial charge in [0, 0.05) is 0 Å². The van der Waals surface area contributed by atoms with Gasteiger partial charge in [-0.3, -0.25) is 5.10 Å². The molecule has 0 bridgehead atoms. The van der Waals surface area contributed by atoms with E-state index < -0.39 is 0 Å². The van der Waals surface area contributed by atoms with E-state index in [2.05, 4.69) is 34.7 Å². The molecular weight excluding hydrogens is 158 g/mol. The van der Waals surface area contributed by atoms with Crippen LogP contribution < -0.4 is 0 Å². The minimum atomic E-state index is 0.402. The maximum atomic E-state index is 8.50. The van der Waals surface area contributed by atoms with Crippen LogP contribution in [0.1, 0.15) is 11.3 Å². The number of hydrogen-bond acceptors (Lipinski definition) is 3. The Labute approximate surface area is 69.8 Å². The monoisotopic (exact) mass is 163 g/mol. The molecule has 1 aromatic rings. The summed E-state index contributed by atoms with van der Waals surface area (Å²) in [5.74, 6) is 5.96. The summed E-state index contributed by atoms with van der Waals surface area (Å²) in [6, 6.07) is 1.94. The third kappa shape index (κ3) is 1.76. The van der Waals surface area contributed by atoms with Crippen LogP contribution >= 0.6 is 12.6 Å². The molecule has 1 heterocycles. The molecule has 0 amide bonds. The molecule has 1 N–H and O–H groups in total. The first-order chi connectivity index (χ1) is 5.38. The normalized spacial score (nSPS) is 8.00. The Bertz CT molecular complexity index is 337. The molecule has 0 unspecified atom stereocenters. The van der Waals surface area contributed by atoms with Gasteiger partial charge in [0.2, 0.25) is 0 Å². The fraction of sp³-hybridized carbons (Fsp3) is 0.143. The van der Waals surface area contributed by atoms with E-state index in [4.69, 9.17) is 5.26 Å². The van der Waals surface area contributed by atoms with Crippen molar-refractivity contribution < 1.29 is 0 Å². The van der Waals surface area contributed by atoms with Crippen LogP contribution in [-0.2, 0) is 0 Å². The number of aromatic nitrogens is 2. The van der Waals surface area contributed by atoms with Crippen LogP contribution in [0.15, 0.2) is 6.20 Å². The summed E-state index contributed by atoms with van der Waals surface area (Å²) in [5.41, 5.74) is 1.03. The van der Waals surface area contributed by atoms with Gasteiger partial charge in [0.25, 0.3) is 0 Å². The summed E-state index contributed by atoms with van der Waals surface area (Å²) in [4.78, 5) is 0. The highest BCUT2D eigenvalue weighted by Gasteiger charge is 1.98. The van der Waals surface area contributed by atoms with E-state index in [0.29, 0.717) is 17.0 Å². The molecule has 0 radical (unpaired) electrons. The molecule has 1 rings (SSSR count). The molecule has 0 spiro atoms. The maximum absolute atomic E-state index is 8.50. The van der Waals surface area contributed by atoms with Crippen LogP contribution in [0.25, 0.3) is 0 Å². The van der Waals surface area contributed by atoms with Gasteiger partial charge >= 0.3 is 0 Å². The quantitative estimate of drug-likeness (QED) is 0.434. The molecule has 0 aliphatic carbocycles. The highest BCUT2D eigenvalue weighted by molar-refractivity contribution is 7.80. The van der Waals surface area contributed by atoms with Crippen molar-refractivity contribution in [1.29, 1.82) is 5.26 Å². The number of aromatic amines is 1. The van der Waals surface area contributed by atoms with Gasteiger partial charge in [-0.2, -0.15) is 23.0 Å². The third-order valence-corrected chi connectivity index (χ3v) is 1.21. The molecular formula is C7H5N3S. The predicted octanol–water partition coefficient (Wildman–Crippen LogP) is 0.563. The Morgan fingerprint density at radius 3 is 3.18 bits per heavy atom. The summed E-state index contributed by atoms with van der Waals surface area (Å²) in [5, 5.41) is 14.7. The Kier molecular flexibility index (Phi) is 2.59. The molecule has 0 saturated carbocycles. The number of hydrogen-bond donors (Lipinski definition) is 2. The lowest BCUT2D eigenvalue weighted by atomic mass is 10.3. The summed E-state index contributed by atoms with van der Waals surface area (Å²) in [6.45, 7) is 0. The predicted molar refractivity (Wildman–Crippen MR) is 44.0 cm³/mol. The van der Waals surface area contributed by atoms with Crippen LogP contribution in [0.5, 0.6) is 0 Å². The Balaban J connectivity index is 2.96. The summed E-state index contributed by atoms with van der Waals surface area (Å²) < 4.78 is 0. The van der Waals surface area contributed by atoms with Crippen molar-refractivity contribution in [2.75, 3.05) is 5.75 Å². The number of H-pyrrole nitrogens is 1. The molecule has 11 heavy (non-hydrogen) atoms. The van der Waals surface area contributed by atoms with E-state index in [0.717, 1.165) is 0 Å². The first kappa shape index (κ1) is 7.71. The van der Waals surface area contributed by atoms with E-state index in [1.807, 2.05) is 6.07 Å². The smallest absolute Gasteiger partial charge is 0.151 e. The second-order valence-electron chi connectivity index (χ2n) is 1.73. The lowest BCUT2D eigenvalue weighted by Crippen LogP contribution is -1.77. The SMILES string of the molecule is N#Cc1[nH]ncc1C#CCS. The Morgan fingerprint density at radius 2 is 2.55 bits per heavy atom. The number of rotatable bonds is 0. The van der Waals surface area contributed by atoms with E-state index in [9.17, 15) is 0 Å². The van der Waals surface area contributed by atoms with Gasteiger partial charge in [-0.15, -0.1) is 0 Å². The van der Waals surface area contributed by atoms with E-state index in [-0.39, 0.29) is 0 Å². The van der Waals surface area contributed by atoms with Crippen LogP contribution in [0, 0.1) is 23.2 Å². The lowest BCUT2D eigenvalue weighted by molar-refractivity contribution is 1.07. The standard InChI is InChI=1S/C7H5N3S/c8-4-7-6(2-1-3-11)5-9-10-7/h5,11H,3H2,(H,9,10). The van der Waals surface area contributed by atoms with Crippen LogP contribution in [0.4, 0.5) is 0 Å². The zero-order chi connectivity index (χ0) is 8.10. The summed E-state index contributed by atoms with van der Waals surface area (Å²) in [7, 11) is 0. The second kappa shape index (κ2) is 3.70. The van der Waals surface area contributed by atoms with Gasteiger partial charge in [0.15, 0.2) is 5.69 Å². The minimum Gasteiger partial charge on any atom is -0.267 e. The fourth-order valence-electron chi connectivity index (χ4n) is 0.601. The van der Waals surface area contributed by atoms with Crippen LogP contribution in [0.2, 0.25) is 0 Å². The zero-order valence-corrected chi connectivity index (χ0v) is 6.52. The largest absolute Gasteiger partial charge is 0.267 e. The average Bonchev–Trinajstić information content (AvgIpc) is 2.47. The first-order valence-electron chi connectivity index (χ1n) is 2.91. The first-order valence-corrected chi connectivity index (χ1v) is 3.55. The van der Waals surface area contributed by atoms with Crippen molar-refractivity contribution >= 4 is 12.6 Å². The number of nitrogens with zero attached hydrogens (tertiary/aromatic N) is 2. The van der Waals surface area contributed by atoms with Crippen molar-refractivity contribution in [1.82, 2.24) is 10.2 Å². The van der Waals surface area contributed by atoms with Gasteiger partial charge in [0.1, 0.15) is 6.07 Å². The molecule has 0 saturated heterocycles. The molecule has 0 atom stereocenters.